The van der Waals surface area contributed by atoms with Gasteiger partial charge in [0.05, 0.1) is 13.7 Å². The summed E-state index contributed by atoms with van der Waals surface area (Å²) in [6.45, 7) is 7.60. The number of ether oxygens (including phenoxy) is 3. The molecule has 2 N–H and O–H groups in total. The average molecular weight is 363 g/mol. The van der Waals surface area contributed by atoms with Crippen molar-refractivity contribution in [3.05, 3.63) is 0 Å². The fourth-order valence-corrected chi connectivity index (χ4v) is 3.65. The highest BCUT2D eigenvalue weighted by Gasteiger charge is 2.42. The molecule has 0 saturated heterocycles. The zero-order chi connectivity index (χ0) is 17.5. The summed E-state index contributed by atoms with van der Waals surface area (Å²) in [4.78, 5) is 23.2. The second-order valence-electron chi connectivity index (χ2n) is 7.38. The van der Waals surface area contributed by atoms with Crippen LogP contribution in [0, 0.1) is 10.8 Å². The maximum absolute atomic E-state index is 11.8. The number of hydrogen-bond acceptors (Lipinski definition) is 5. The number of carbonyl (C=O) groups excluding carboxylic acids is 2. The number of amides is 2. The Kier molecular flexibility index (Phi) is 11.5. The van der Waals surface area contributed by atoms with Crippen LogP contribution in [-0.2, 0) is 14.2 Å². The molecule has 1 fully saturated rings. The standard InChI is InChI=1S/C16H30N2O5.2CH4/c1-15(2)8-12(18-14(20)23-7-6-21-4)9-16(3,10-15)11-17-13(19)22-5;;/h12H,6-11H2,1-5H3,(H,17,19)(H,18,20);2*1H4. The smallest absolute Gasteiger partial charge is 0.407 e. The maximum atomic E-state index is 11.8. The van der Waals surface area contributed by atoms with Crippen LogP contribution >= 0.6 is 0 Å². The lowest BCUT2D eigenvalue weighted by molar-refractivity contribution is 0.0586. The quantitative estimate of drug-likeness (QED) is 0.706. The molecule has 0 aromatic heterocycles. The number of carbonyl (C=O) groups is 2. The highest BCUT2D eigenvalue weighted by atomic mass is 16.6. The van der Waals surface area contributed by atoms with Crippen molar-refractivity contribution < 1.29 is 23.8 Å². The SMILES string of the molecule is C.C.COCCOC(=O)NC1CC(C)(C)CC(C)(CNC(=O)OC)C1. The third-order valence-electron chi connectivity index (χ3n) is 4.13. The number of rotatable bonds is 6. The minimum Gasteiger partial charge on any atom is -0.453 e. The summed E-state index contributed by atoms with van der Waals surface area (Å²) in [5.74, 6) is 0. The first-order valence-corrected chi connectivity index (χ1v) is 7.94. The van der Waals surface area contributed by atoms with Crippen molar-refractivity contribution in [2.75, 3.05) is 34.0 Å². The molecule has 0 heterocycles. The number of methoxy groups -OCH3 is 2. The summed E-state index contributed by atoms with van der Waals surface area (Å²) < 4.78 is 14.6. The van der Waals surface area contributed by atoms with Gasteiger partial charge in [0.25, 0.3) is 0 Å². The van der Waals surface area contributed by atoms with Gasteiger partial charge in [-0.1, -0.05) is 35.6 Å². The normalized spacial score (nSPS) is 24.1. The van der Waals surface area contributed by atoms with Gasteiger partial charge in [-0.05, 0) is 30.1 Å². The average Bonchev–Trinajstić information content (AvgIpc) is 2.43. The first-order chi connectivity index (χ1) is 10.7. The van der Waals surface area contributed by atoms with Crippen LogP contribution in [0.5, 0.6) is 0 Å². The molecule has 2 atom stereocenters. The topological polar surface area (TPSA) is 85.9 Å². The molecule has 0 spiro atoms. The second-order valence-corrected chi connectivity index (χ2v) is 7.38. The molecule has 2 unspecified atom stereocenters. The van der Waals surface area contributed by atoms with Crippen LogP contribution in [-0.4, -0.2) is 52.2 Å². The van der Waals surface area contributed by atoms with Gasteiger partial charge in [0.1, 0.15) is 6.61 Å². The third-order valence-corrected chi connectivity index (χ3v) is 4.13. The zero-order valence-corrected chi connectivity index (χ0v) is 14.9. The Morgan fingerprint density at radius 3 is 2.24 bits per heavy atom. The van der Waals surface area contributed by atoms with Crippen molar-refractivity contribution in [1.82, 2.24) is 10.6 Å². The first kappa shape index (κ1) is 25.7. The minimum atomic E-state index is -0.432. The van der Waals surface area contributed by atoms with Gasteiger partial charge in [0, 0.05) is 19.7 Å². The predicted molar refractivity (Wildman–Crippen MR) is 99.8 cm³/mol. The monoisotopic (exact) mass is 362 g/mol. The summed E-state index contributed by atoms with van der Waals surface area (Å²) >= 11 is 0. The molecular weight excluding hydrogens is 324 g/mol. The Hall–Kier alpha value is -1.50. The number of hydrogen-bond donors (Lipinski definition) is 2. The Morgan fingerprint density at radius 1 is 1.04 bits per heavy atom. The summed E-state index contributed by atoms with van der Waals surface area (Å²) in [7, 11) is 2.91. The largest absolute Gasteiger partial charge is 0.453 e. The fourth-order valence-electron chi connectivity index (χ4n) is 3.65. The van der Waals surface area contributed by atoms with E-state index in [9.17, 15) is 9.59 Å². The first-order valence-electron chi connectivity index (χ1n) is 7.94. The molecule has 0 aromatic carbocycles. The molecule has 1 aliphatic rings. The molecule has 1 saturated carbocycles. The van der Waals surface area contributed by atoms with Gasteiger partial charge < -0.3 is 24.8 Å². The third kappa shape index (κ3) is 9.53. The van der Waals surface area contributed by atoms with Gasteiger partial charge in [-0.25, -0.2) is 9.59 Å². The van der Waals surface area contributed by atoms with Crippen molar-refractivity contribution in [3.63, 3.8) is 0 Å². The lowest BCUT2D eigenvalue weighted by Crippen LogP contribution is -2.50. The van der Waals surface area contributed by atoms with Crippen molar-refractivity contribution in [3.8, 4) is 0 Å². The van der Waals surface area contributed by atoms with Crippen LogP contribution in [0.2, 0.25) is 0 Å². The molecule has 2 amide bonds. The molecule has 0 radical (unpaired) electrons. The van der Waals surface area contributed by atoms with Gasteiger partial charge in [-0.2, -0.15) is 0 Å². The lowest BCUT2D eigenvalue weighted by atomic mass is 9.62. The van der Waals surface area contributed by atoms with Gasteiger partial charge >= 0.3 is 12.2 Å². The van der Waals surface area contributed by atoms with E-state index in [1.807, 2.05) is 0 Å². The van der Waals surface area contributed by atoms with Crippen LogP contribution in [0.3, 0.4) is 0 Å². The maximum Gasteiger partial charge on any atom is 0.407 e. The van der Waals surface area contributed by atoms with E-state index >= 15 is 0 Å². The summed E-state index contributed by atoms with van der Waals surface area (Å²) in [6, 6.07) is 0.0123. The molecule has 0 bridgehead atoms. The minimum absolute atomic E-state index is 0. The van der Waals surface area contributed by atoms with E-state index in [4.69, 9.17) is 9.47 Å². The Balaban J connectivity index is 0. The Bertz CT molecular complexity index is 414. The Labute approximate surface area is 153 Å². The van der Waals surface area contributed by atoms with E-state index in [1.54, 1.807) is 7.11 Å². The van der Waals surface area contributed by atoms with E-state index in [-0.39, 0.29) is 38.3 Å². The highest BCUT2D eigenvalue weighted by molar-refractivity contribution is 5.67. The van der Waals surface area contributed by atoms with Crippen LogP contribution in [0.25, 0.3) is 0 Å². The van der Waals surface area contributed by atoms with E-state index < -0.39 is 12.2 Å². The van der Waals surface area contributed by atoms with Crippen molar-refractivity contribution in [2.24, 2.45) is 10.8 Å². The van der Waals surface area contributed by atoms with Gasteiger partial charge in [-0.3, -0.25) is 0 Å². The highest BCUT2D eigenvalue weighted by Crippen LogP contribution is 2.45. The predicted octanol–water partition coefficient (Wildman–Crippen LogP) is 3.57. The van der Waals surface area contributed by atoms with Gasteiger partial charge in [0.15, 0.2) is 0 Å². The van der Waals surface area contributed by atoms with Crippen molar-refractivity contribution in [1.29, 1.82) is 0 Å². The van der Waals surface area contributed by atoms with E-state index in [0.717, 1.165) is 19.3 Å². The molecular formula is C18H38N2O5. The number of nitrogens with one attached hydrogen (secondary N) is 2. The summed E-state index contributed by atoms with van der Waals surface area (Å²) in [6.07, 6.45) is 1.76. The summed E-state index contributed by atoms with van der Waals surface area (Å²) in [5.41, 5.74) is -0.0459. The molecule has 7 nitrogen and oxygen atoms in total. The molecule has 1 rings (SSSR count). The molecule has 25 heavy (non-hydrogen) atoms. The van der Waals surface area contributed by atoms with Crippen molar-refractivity contribution >= 4 is 12.2 Å². The van der Waals surface area contributed by atoms with Gasteiger partial charge in [-0.15, -0.1) is 0 Å². The molecule has 150 valence electrons. The van der Waals surface area contributed by atoms with Crippen LogP contribution in [0.4, 0.5) is 9.59 Å². The molecule has 7 heteroatoms. The second kappa shape index (κ2) is 11.2. The van der Waals surface area contributed by atoms with Crippen LogP contribution in [0.1, 0.15) is 54.9 Å². The van der Waals surface area contributed by atoms with E-state index in [2.05, 4.69) is 36.1 Å². The van der Waals surface area contributed by atoms with E-state index in [1.165, 1.54) is 7.11 Å². The fraction of sp³-hybridized carbons (Fsp3) is 0.889. The van der Waals surface area contributed by atoms with Crippen LogP contribution < -0.4 is 10.6 Å². The molecule has 1 aliphatic carbocycles. The zero-order valence-electron chi connectivity index (χ0n) is 14.9. The molecule has 0 aliphatic heterocycles. The molecule has 0 aromatic rings. The number of alkyl carbamates (subject to hydrolysis) is 2. The lowest BCUT2D eigenvalue weighted by Gasteiger charge is -2.46. The van der Waals surface area contributed by atoms with Crippen LogP contribution in [0.15, 0.2) is 0 Å². The van der Waals surface area contributed by atoms with E-state index in [0.29, 0.717) is 13.2 Å². The summed E-state index contributed by atoms with van der Waals surface area (Å²) in [5, 5.41) is 5.70. The van der Waals surface area contributed by atoms with Gasteiger partial charge in [0.2, 0.25) is 0 Å². The van der Waals surface area contributed by atoms with Crippen molar-refractivity contribution in [2.45, 2.75) is 60.9 Å². The Morgan fingerprint density at radius 2 is 1.68 bits per heavy atom.